The van der Waals surface area contributed by atoms with Crippen LogP contribution in [0.1, 0.15) is 138 Å². The van der Waals surface area contributed by atoms with E-state index in [1.807, 2.05) is 13.8 Å². The Morgan fingerprint density at radius 3 is 1.17 bits per heavy atom. The zero-order chi connectivity index (χ0) is 48.3. The number of halogens is 2. The van der Waals surface area contributed by atoms with E-state index in [0.717, 1.165) is 50.5 Å². The largest absolute Gasteiger partial charge is 0.382 e. The number of nitrogens with zero attached hydrogens (tertiary/aromatic N) is 10. The third-order valence-corrected chi connectivity index (χ3v) is 16.5. The predicted octanol–water partition coefficient (Wildman–Crippen LogP) is 4.78. The SMILES string of the molecule is COCC(COC)n1c(CS(=O)(=O)[C@@H](C)[C@H](C)c2ncc(F)cn2)nnc1[C@@H]1CC[C@H](C)O1.COCC(COC)n1c(CS(=O)(=O)[C@@H](C)[C@H](C)c2ncc(F)cn2)nnc1[C@H]1CC[C@@H](C)O1. The van der Waals surface area contributed by atoms with E-state index in [2.05, 4.69) is 40.3 Å². The fourth-order valence-electron chi connectivity index (χ4n) is 8.04. The molecule has 8 atom stereocenters. The van der Waals surface area contributed by atoms with Crippen molar-refractivity contribution in [3.63, 3.8) is 0 Å². The van der Waals surface area contributed by atoms with Gasteiger partial charge in [-0.3, -0.25) is 0 Å². The molecule has 66 heavy (non-hydrogen) atoms. The fourth-order valence-corrected chi connectivity index (χ4v) is 11.2. The van der Waals surface area contributed by atoms with Gasteiger partial charge in [0.05, 0.1) is 86.0 Å². The van der Waals surface area contributed by atoms with Crippen molar-refractivity contribution in [2.24, 2.45) is 0 Å². The molecule has 6 heterocycles. The van der Waals surface area contributed by atoms with Crippen LogP contribution in [0.4, 0.5) is 8.78 Å². The molecule has 0 radical (unpaired) electrons. The molecule has 0 aliphatic carbocycles. The molecule has 0 unspecified atom stereocenters. The first-order valence-electron chi connectivity index (χ1n) is 21.9. The Balaban J connectivity index is 0.000000247. The van der Waals surface area contributed by atoms with Crippen LogP contribution in [0.15, 0.2) is 24.8 Å². The van der Waals surface area contributed by atoms with E-state index in [0.29, 0.717) is 49.7 Å². The lowest BCUT2D eigenvalue weighted by atomic mass is 10.1. The number of methoxy groups -OCH3 is 4. The maximum atomic E-state index is 13.4. The van der Waals surface area contributed by atoms with Gasteiger partial charge in [-0.05, 0) is 53.4 Å². The average molecular weight is 971 g/mol. The van der Waals surface area contributed by atoms with Gasteiger partial charge in [-0.1, -0.05) is 13.8 Å². The van der Waals surface area contributed by atoms with Crippen molar-refractivity contribution >= 4 is 19.7 Å². The van der Waals surface area contributed by atoms with E-state index < -0.39 is 53.6 Å². The second-order valence-corrected chi connectivity index (χ2v) is 21.7. The van der Waals surface area contributed by atoms with Crippen LogP contribution in [0.5, 0.6) is 0 Å². The van der Waals surface area contributed by atoms with Gasteiger partial charge < -0.3 is 37.6 Å². The number of aromatic nitrogens is 10. The predicted molar refractivity (Wildman–Crippen MR) is 236 cm³/mol. The second kappa shape index (κ2) is 23.8. The highest BCUT2D eigenvalue weighted by Gasteiger charge is 2.38. The molecule has 20 nitrogen and oxygen atoms in total. The van der Waals surface area contributed by atoms with E-state index in [9.17, 15) is 25.6 Å². The van der Waals surface area contributed by atoms with Crippen LogP contribution < -0.4 is 0 Å². The van der Waals surface area contributed by atoms with Crippen LogP contribution in [0.25, 0.3) is 0 Å². The summed E-state index contributed by atoms with van der Waals surface area (Å²) in [7, 11) is -1.10. The Morgan fingerprint density at radius 2 is 0.894 bits per heavy atom. The van der Waals surface area contributed by atoms with Crippen LogP contribution in [-0.4, -0.2) is 144 Å². The van der Waals surface area contributed by atoms with Crippen molar-refractivity contribution in [3.8, 4) is 0 Å². The summed E-state index contributed by atoms with van der Waals surface area (Å²) in [5.41, 5.74) is 0. The van der Waals surface area contributed by atoms with Gasteiger partial charge in [-0.2, -0.15) is 0 Å². The molecule has 0 bridgehead atoms. The van der Waals surface area contributed by atoms with Crippen molar-refractivity contribution in [2.45, 2.75) is 138 Å². The van der Waals surface area contributed by atoms with Gasteiger partial charge in [0, 0.05) is 40.3 Å². The van der Waals surface area contributed by atoms with Crippen molar-refractivity contribution in [1.82, 2.24) is 49.5 Å². The van der Waals surface area contributed by atoms with Gasteiger partial charge in [0.25, 0.3) is 0 Å². The molecule has 2 aliphatic rings. The van der Waals surface area contributed by atoms with Crippen LogP contribution >= 0.6 is 0 Å². The molecule has 4 aromatic heterocycles. The smallest absolute Gasteiger partial charge is 0.162 e. The highest BCUT2D eigenvalue weighted by Crippen LogP contribution is 2.36. The average Bonchev–Trinajstić information content (AvgIpc) is 4.10. The van der Waals surface area contributed by atoms with E-state index >= 15 is 0 Å². The summed E-state index contributed by atoms with van der Waals surface area (Å²) in [5.74, 6) is -0.633. The van der Waals surface area contributed by atoms with Crippen LogP contribution in [0.3, 0.4) is 0 Å². The summed E-state index contributed by atoms with van der Waals surface area (Å²) in [6.45, 7) is 11.8. The lowest BCUT2D eigenvalue weighted by molar-refractivity contribution is 0.0397. The lowest BCUT2D eigenvalue weighted by Gasteiger charge is -2.24. The minimum Gasteiger partial charge on any atom is -0.382 e. The van der Waals surface area contributed by atoms with Gasteiger partial charge in [0.1, 0.15) is 47.0 Å². The Kier molecular flexibility index (Phi) is 19.1. The standard InChI is InChI=1S/2C21H32FN5O5S/c2*1-13-6-7-18(32-13)21-26-25-19(27(21)17(10-30-4)11-31-5)12-33(28,29)15(3)14(2)20-23-8-16(22)9-24-20/h2*8-9,13-15,17-18H,6-7,10-12H2,1-5H3/t13-,14+,15+,18-;13-,14-,15-,18-/m10/s1. The molecule has 0 spiro atoms. The van der Waals surface area contributed by atoms with E-state index in [1.165, 1.54) is 0 Å². The molecule has 24 heteroatoms. The number of sulfone groups is 2. The summed E-state index contributed by atoms with van der Waals surface area (Å²) in [6, 6.07) is -0.634. The van der Waals surface area contributed by atoms with Crippen molar-refractivity contribution < 1.29 is 54.0 Å². The summed E-state index contributed by atoms with van der Waals surface area (Å²) in [4.78, 5) is 15.8. The van der Waals surface area contributed by atoms with Crippen molar-refractivity contribution in [1.29, 1.82) is 0 Å². The first-order chi connectivity index (χ1) is 31.3. The van der Waals surface area contributed by atoms with Crippen LogP contribution in [0.2, 0.25) is 0 Å². The molecule has 0 saturated carbocycles. The quantitative estimate of drug-likeness (QED) is 0.103. The summed E-state index contributed by atoms with van der Waals surface area (Å²) in [5, 5.41) is 15.5. The minimum absolute atomic E-state index is 0.0900. The molecular weight excluding hydrogens is 907 g/mol. The molecule has 2 aliphatic heterocycles. The van der Waals surface area contributed by atoms with Crippen LogP contribution in [-0.2, 0) is 59.6 Å². The molecule has 0 N–H and O–H groups in total. The molecule has 6 rings (SSSR count). The highest BCUT2D eigenvalue weighted by molar-refractivity contribution is 7.91. The van der Waals surface area contributed by atoms with Crippen molar-refractivity contribution in [3.05, 3.63) is 71.4 Å². The van der Waals surface area contributed by atoms with Gasteiger partial charge in [-0.15, -0.1) is 20.4 Å². The Morgan fingerprint density at radius 1 is 0.576 bits per heavy atom. The fraction of sp³-hybridized carbons (Fsp3) is 0.714. The van der Waals surface area contributed by atoms with E-state index in [1.54, 1.807) is 65.3 Å². The van der Waals surface area contributed by atoms with Crippen LogP contribution in [0, 0.1) is 11.6 Å². The van der Waals surface area contributed by atoms with Gasteiger partial charge in [0.15, 0.2) is 43.0 Å². The second-order valence-electron chi connectivity index (χ2n) is 17.0. The topological polar surface area (TPSA) is 237 Å². The number of rotatable bonds is 22. The van der Waals surface area contributed by atoms with E-state index in [4.69, 9.17) is 28.4 Å². The zero-order valence-corrected chi connectivity index (χ0v) is 40.9. The third kappa shape index (κ3) is 13.1. The highest BCUT2D eigenvalue weighted by atomic mass is 32.2. The van der Waals surface area contributed by atoms with Gasteiger partial charge in [0.2, 0.25) is 0 Å². The normalized spacial score (nSPS) is 20.9. The molecule has 2 saturated heterocycles. The maximum absolute atomic E-state index is 13.4. The third-order valence-electron chi connectivity index (χ3n) is 12.1. The Hall–Kier alpha value is -4.04. The first kappa shape index (κ1) is 52.9. The summed E-state index contributed by atoms with van der Waals surface area (Å²) < 4.78 is 117. The first-order valence-corrected chi connectivity index (χ1v) is 25.3. The molecule has 2 fully saturated rings. The lowest BCUT2D eigenvalue weighted by Crippen LogP contribution is -2.30. The van der Waals surface area contributed by atoms with Gasteiger partial charge >= 0.3 is 0 Å². The number of hydrogen-bond acceptors (Lipinski definition) is 18. The monoisotopic (exact) mass is 970 g/mol. The summed E-state index contributed by atoms with van der Waals surface area (Å²) >= 11 is 0. The Bertz CT molecular complexity index is 2180. The minimum atomic E-state index is -3.70. The summed E-state index contributed by atoms with van der Waals surface area (Å²) in [6.07, 6.45) is 7.07. The molecule has 4 aromatic rings. The molecule has 368 valence electrons. The van der Waals surface area contributed by atoms with Crippen molar-refractivity contribution in [2.75, 3.05) is 54.9 Å². The zero-order valence-electron chi connectivity index (χ0n) is 39.3. The van der Waals surface area contributed by atoms with E-state index in [-0.39, 0.29) is 59.7 Å². The molecular formula is C42H64F2N10O10S2. The molecule has 0 amide bonds. The Labute approximate surface area is 385 Å². The molecule has 0 aromatic carbocycles. The number of hydrogen-bond donors (Lipinski definition) is 0. The number of ether oxygens (including phenoxy) is 6. The van der Waals surface area contributed by atoms with Gasteiger partial charge in [-0.25, -0.2) is 45.6 Å². The maximum Gasteiger partial charge on any atom is 0.162 e.